The van der Waals surface area contributed by atoms with Gasteiger partial charge in [0.15, 0.2) is 5.83 Å². The quantitative estimate of drug-likeness (QED) is 0.510. The number of halogens is 2. The first-order chi connectivity index (χ1) is 5.70. The molecule has 1 rings (SSSR count). The molecule has 0 spiro atoms. The molecule has 0 aliphatic rings. The fourth-order valence-corrected chi connectivity index (χ4v) is 0.807. The number of hydrogen-bond donors (Lipinski definition) is 0. The Hall–Kier alpha value is -1.15. The largest absolute Gasteiger partial charge is 0.280 e. The fraction of sp³-hybridized carbons (Fsp3) is 0. The van der Waals surface area contributed by atoms with Crippen LogP contribution in [0.2, 0.25) is 0 Å². The average molecular weight is 185 g/mol. The van der Waals surface area contributed by atoms with Crippen molar-refractivity contribution in [2.75, 3.05) is 0 Å². The number of carbonyl (C=O) groups excluding carboxylic acids is 1. The molecule has 62 valence electrons. The maximum Gasteiger partial charge on any atom is 0.280 e. The van der Waals surface area contributed by atoms with Crippen LogP contribution in [0.4, 0.5) is 4.39 Å². The van der Waals surface area contributed by atoms with Gasteiger partial charge in [0, 0.05) is 0 Å². The molecular formula is C9H6ClFO. The summed E-state index contributed by atoms with van der Waals surface area (Å²) in [5.74, 6) is -0.942. The third-order valence-electron chi connectivity index (χ3n) is 1.28. The molecule has 0 saturated carbocycles. The Morgan fingerprint density at radius 2 is 1.92 bits per heavy atom. The average Bonchev–Trinajstić information content (AvgIpc) is 2.06. The SMILES string of the molecule is O=C(Cl)/C(F)=C\c1ccccc1. The Balaban J connectivity index is 2.89. The van der Waals surface area contributed by atoms with Crippen LogP contribution in [0.5, 0.6) is 0 Å². The number of hydrogen-bond acceptors (Lipinski definition) is 1. The topological polar surface area (TPSA) is 17.1 Å². The molecule has 0 aliphatic heterocycles. The summed E-state index contributed by atoms with van der Waals surface area (Å²) in [5, 5.41) is -1.07. The smallest absolute Gasteiger partial charge is 0.273 e. The Morgan fingerprint density at radius 3 is 2.42 bits per heavy atom. The van der Waals surface area contributed by atoms with Crippen LogP contribution >= 0.6 is 11.6 Å². The predicted molar refractivity (Wildman–Crippen MR) is 46.4 cm³/mol. The molecule has 0 amide bonds. The van der Waals surface area contributed by atoms with Gasteiger partial charge in [0.05, 0.1) is 0 Å². The first kappa shape index (κ1) is 8.94. The van der Waals surface area contributed by atoms with Gasteiger partial charge >= 0.3 is 0 Å². The lowest BCUT2D eigenvalue weighted by Crippen LogP contribution is -1.84. The molecule has 0 bridgehead atoms. The normalized spacial score (nSPS) is 11.3. The highest BCUT2D eigenvalue weighted by molar-refractivity contribution is 6.67. The lowest BCUT2D eigenvalue weighted by Gasteiger charge is -1.90. The van der Waals surface area contributed by atoms with Gasteiger partial charge in [0.25, 0.3) is 5.24 Å². The Morgan fingerprint density at radius 1 is 1.33 bits per heavy atom. The van der Waals surface area contributed by atoms with E-state index in [1.165, 1.54) is 0 Å². The van der Waals surface area contributed by atoms with E-state index in [4.69, 9.17) is 11.6 Å². The van der Waals surface area contributed by atoms with E-state index in [1.54, 1.807) is 30.3 Å². The Kier molecular flexibility index (Phi) is 3.00. The standard InChI is InChI=1S/C9H6ClFO/c10-9(12)8(11)6-7-4-2-1-3-5-7/h1-6H/b8-6+. The third-order valence-corrected chi connectivity index (χ3v) is 1.46. The zero-order chi connectivity index (χ0) is 8.97. The van der Waals surface area contributed by atoms with E-state index < -0.39 is 11.1 Å². The van der Waals surface area contributed by atoms with Gasteiger partial charge in [0.2, 0.25) is 0 Å². The van der Waals surface area contributed by atoms with E-state index in [1.807, 2.05) is 0 Å². The van der Waals surface area contributed by atoms with Crippen LogP contribution in [-0.2, 0) is 4.79 Å². The molecule has 1 aromatic rings. The van der Waals surface area contributed by atoms with Crippen LogP contribution in [0, 0.1) is 0 Å². The highest BCUT2D eigenvalue weighted by Gasteiger charge is 2.02. The van der Waals surface area contributed by atoms with Crippen molar-refractivity contribution in [1.29, 1.82) is 0 Å². The van der Waals surface area contributed by atoms with Crippen molar-refractivity contribution in [3.63, 3.8) is 0 Å². The highest BCUT2D eigenvalue weighted by Crippen LogP contribution is 2.09. The van der Waals surface area contributed by atoms with Crippen LogP contribution in [-0.4, -0.2) is 5.24 Å². The van der Waals surface area contributed by atoms with Gasteiger partial charge < -0.3 is 0 Å². The van der Waals surface area contributed by atoms with Gasteiger partial charge in [-0.05, 0) is 23.2 Å². The molecular weight excluding hydrogens is 179 g/mol. The van der Waals surface area contributed by atoms with Crippen molar-refractivity contribution in [3.05, 3.63) is 41.7 Å². The van der Waals surface area contributed by atoms with E-state index in [0.29, 0.717) is 5.56 Å². The monoisotopic (exact) mass is 184 g/mol. The summed E-state index contributed by atoms with van der Waals surface area (Å²) in [6.07, 6.45) is 1.09. The van der Waals surface area contributed by atoms with Gasteiger partial charge in [-0.15, -0.1) is 0 Å². The van der Waals surface area contributed by atoms with E-state index in [2.05, 4.69) is 0 Å². The Bertz CT molecular complexity index is 306. The molecule has 0 aromatic heterocycles. The van der Waals surface area contributed by atoms with Crippen LogP contribution in [0.15, 0.2) is 36.2 Å². The zero-order valence-corrected chi connectivity index (χ0v) is 6.88. The molecule has 1 nitrogen and oxygen atoms in total. The van der Waals surface area contributed by atoms with Crippen LogP contribution in [0.1, 0.15) is 5.56 Å². The minimum atomic E-state index is -1.07. The minimum absolute atomic E-state index is 0.615. The molecule has 0 radical (unpaired) electrons. The van der Waals surface area contributed by atoms with Crippen LogP contribution in [0.25, 0.3) is 6.08 Å². The Labute approximate surface area is 74.5 Å². The van der Waals surface area contributed by atoms with Crippen molar-refractivity contribution >= 4 is 22.9 Å². The number of carbonyl (C=O) groups is 1. The molecule has 0 N–H and O–H groups in total. The molecule has 0 heterocycles. The zero-order valence-electron chi connectivity index (χ0n) is 6.13. The third kappa shape index (κ3) is 2.47. The summed E-state index contributed by atoms with van der Waals surface area (Å²) < 4.78 is 12.6. The first-order valence-electron chi connectivity index (χ1n) is 3.32. The summed E-state index contributed by atoms with van der Waals surface area (Å²) in [5.41, 5.74) is 0.615. The van der Waals surface area contributed by atoms with Gasteiger partial charge in [-0.2, -0.15) is 0 Å². The molecule has 0 atom stereocenters. The van der Waals surface area contributed by atoms with E-state index >= 15 is 0 Å². The minimum Gasteiger partial charge on any atom is -0.273 e. The molecule has 0 aliphatic carbocycles. The second-order valence-electron chi connectivity index (χ2n) is 2.18. The van der Waals surface area contributed by atoms with Crippen LogP contribution < -0.4 is 0 Å². The summed E-state index contributed by atoms with van der Waals surface area (Å²) in [6, 6.07) is 8.66. The molecule has 0 fully saturated rings. The molecule has 1 aromatic carbocycles. The van der Waals surface area contributed by atoms with E-state index in [9.17, 15) is 9.18 Å². The summed E-state index contributed by atoms with van der Waals surface area (Å²) in [7, 11) is 0. The maximum absolute atomic E-state index is 12.6. The molecule has 0 unspecified atom stereocenters. The maximum atomic E-state index is 12.6. The number of allylic oxidation sites excluding steroid dienone is 1. The second-order valence-corrected chi connectivity index (χ2v) is 2.52. The van der Waals surface area contributed by atoms with Gasteiger partial charge in [-0.3, -0.25) is 4.79 Å². The lowest BCUT2D eigenvalue weighted by atomic mass is 10.2. The second kappa shape index (κ2) is 4.02. The summed E-state index contributed by atoms with van der Waals surface area (Å²) >= 11 is 4.90. The van der Waals surface area contributed by atoms with Crippen molar-refractivity contribution in [2.45, 2.75) is 0 Å². The number of rotatable bonds is 2. The van der Waals surface area contributed by atoms with Crippen LogP contribution in [0.3, 0.4) is 0 Å². The summed E-state index contributed by atoms with van der Waals surface area (Å²) in [4.78, 5) is 10.3. The molecule has 12 heavy (non-hydrogen) atoms. The van der Waals surface area contributed by atoms with E-state index in [-0.39, 0.29) is 0 Å². The lowest BCUT2D eigenvalue weighted by molar-refractivity contribution is -0.109. The van der Waals surface area contributed by atoms with Gasteiger partial charge in [0.1, 0.15) is 0 Å². The van der Waals surface area contributed by atoms with Crippen molar-refractivity contribution in [3.8, 4) is 0 Å². The summed E-state index contributed by atoms with van der Waals surface area (Å²) in [6.45, 7) is 0. The van der Waals surface area contributed by atoms with Gasteiger partial charge in [-0.25, -0.2) is 4.39 Å². The van der Waals surface area contributed by atoms with Crippen molar-refractivity contribution in [1.82, 2.24) is 0 Å². The van der Waals surface area contributed by atoms with Crippen molar-refractivity contribution < 1.29 is 9.18 Å². The molecule has 0 saturated heterocycles. The highest BCUT2D eigenvalue weighted by atomic mass is 35.5. The van der Waals surface area contributed by atoms with Gasteiger partial charge in [-0.1, -0.05) is 30.3 Å². The fourth-order valence-electron chi connectivity index (χ4n) is 0.752. The number of benzene rings is 1. The van der Waals surface area contributed by atoms with E-state index in [0.717, 1.165) is 6.08 Å². The molecule has 3 heteroatoms. The predicted octanol–water partition coefficient (Wildman–Crippen LogP) is 2.76. The van der Waals surface area contributed by atoms with Crippen molar-refractivity contribution in [2.24, 2.45) is 0 Å². The first-order valence-corrected chi connectivity index (χ1v) is 3.70.